The Labute approximate surface area is 95.4 Å². The lowest BCUT2D eigenvalue weighted by atomic mass is 10.0. The third-order valence-electron chi connectivity index (χ3n) is 2.74. The molecule has 1 aliphatic rings. The fraction of sp³-hybridized carbons (Fsp3) is 0.800. The van der Waals surface area contributed by atoms with E-state index in [0.29, 0.717) is 6.42 Å². The van der Waals surface area contributed by atoms with E-state index < -0.39 is 5.91 Å². The largest absolute Gasteiger partial charge is 0.370 e. The fourth-order valence-electron chi connectivity index (χ4n) is 1.59. The molecule has 5 heteroatoms. The van der Waals surface area contributed by atoms with Crippen LogP contribution in [0.2, 0.25) is 0 Å². The maximum atomic E-state index is 11.6. The van der Waals surface area contributed by atoms with Crippen LogP contribution in [0, 0.1) is 5.41 Å². The summed E-state index contributed by atoms with van der Waals surface area (Å²) in [4.78, 5) is 22.2. The number of nitrogens with two attached hydrogens (primary N) is 1. The smallest absolute Gasteiger partial charge is 0.220 e. The van der Waals surface area contributed by atoms with Gasteiger partial charge < -0.3 is 11.1 Å². The van der Waals surface area contributed by atoms with Crippen LogP contribution < -0.4 is 11.1 Å². The summed E-state index contributed by atoms with van der Waals surface area (Å²) in [6.45, 7) is 1.78. The second-order valence-electron chi connectivity index (χ2n) is 4.47. The lowest BCUT2D eigenvalue weighted by Crippen LogP contribution is -2.36. The van der Waals surface area contributed by atoms with E-state index in [2.05, 4.69) is 17.9 Å². The Hall–Kier alpha value is -0.710. The molecule has 1 unspecified atom stereocenters. The molecule has 1 atom stereocenters. The van der Waals surface area contributed by atoms with Crippen LogP contribution in [0.25, 0.3) is 0 Å². The second kappa shape index (κ2) is 4.88. The molecular weight excluding hydrogens is 212 g/mol. The van der Waals surface area contributed by atoms with E-state index >= 15 is 0 Å². The van der Waals surface area contributed by atoms with Crippen molar-refractivity contribution in [3.63, 3.8) is 0 Å². The van der Waals surface area contributed by atoms with Crippen LogP contribution in [-0.4, -0.2) is 23.6 Å². The molecule has 0 radical (unpaired) electrons. The molecule has 2 amide bonds. The van der Waals surface area contributed by atoms with Gasteiger partial charge in [0.1, 0.15) is 0 Å². The lowest BCUT2D eigenvalue weighted by Gasteiger charge is -2.15. The van der Waals surface area contributed by atoms with Crippen molar-refractivity contribution in [3.05, 3.63) is 0 Å². The summed E-state index contributed by atoms with van der Waals surface area (Å²) in [5.41, 5.74) is 5.16. The van der Waals surface area contributed by atoms with Gasteiger partial charge in [-0.15, -0.1) is 0 Å². The van der Waals surface area contributed by atoms with Crippen molar-refractivity contribution in [3.8, 4) is 0 Å². The third-order valence-corrected chi connectivity index (χ3v) is 3.41. The average molecular weight is 230 g/mol. The van der Waals surface area contributed by atoms with Crippen molar-refractivity contribution in [2.24, 2.45) is 11.1 Å². The Kier molecular flexibility index (Phi) is 4.02. The van der Waals surface area contributed by atoms with Crippen molar-refractivity contribution in [1.82, 2.24) is 5.32 Å². The number of hydrogen-bond donors (Lipinski definition) is 3. The SMILES string of the molecule is CC(CC(N)=O)NC(=O)CC1(CS)CC1. The summed E-state index contributed by atoms with van der Waals surface area (Å²) < 4.78 is 0. The minimum Gasteiger partial charge on any atom is -0.370 e. The van der Waals surface area contributed by atoms with Gasteiger partial charge in [-0.3, -0.25) is 9.59 Å². The molecule has 86 valence electrons. The van der Waals surface area contributed by atoms with Crippen LogP contribution in [-0.2, 0) is 9.59 Å². The Bertz CT molecular complexity index is 264. The fourth-order valence-corrected chi connectivity index (χ4v) is 2.01. The van der Waals surface area contributed by atoms with E-state index in [-0.39, 0.29) is 23.8 Å². The molecule has 0 saturated heterocycles. The number of nitrogens with one attached hydrogen (secondary N) is 1. The minimum atomic E-state index is -0.391. The quantitative estimate of drug-likeness (QED) is 0.580. The first-order chi connectivity index (χ1) is 6.97. The van der Waals surface area contributed by atoms with E-state index in [1.54, 1.807) is 6.92 Å². The lowest BCUT2D eigenvalue weighted by molar-refractivity contribution is -0.123. The number of amides is 2. The Morgan fingerprint density at radius 3 is 2.53 bits per heavy atom. The van der Waals surface area contributed by atoms with Crippen molar-refractivity contribution < 1.29 is 9.59 Å². The number of rotatable bonds is 6. The Morgan fingerprint density at radius 1 is 1.53 bits per heavy atom. The van der Waals surface area contributed by atoms with E-state index in [9.17, 15) is 9.59 Å². The molecule has 1 rings (SSSR count). The first-order valence-electron chi connectivity index (χ1n) is 5.16. The van der Waals surface area contributed by atoms with Crippen LogP contribution >= 0.6 is 12.6 Å². The molecule has 3 N–H and O–H groups in total. The van der Waals surface area contributed by atoms with Gasteiger partial charge in [-0.1, -0.05) is 0 Å². The predicted octanol–water partition coefficient (Wildman–Crippen LogP) is 0.467. The van der Waals surface area contributed by atoms with Gasteiger partial charge in [0, 0.05) is 18.9 Å². The highest BCUT2D eigenvalue weighted by Crippen LogP contribution is 2.49. The summed E-state index contributed by atoms with van der Waals surface area (Å²) in [6, 6.07) is -0.175. The normalized spacial score (nSPS) is 19.3. The number of primary amides is 1. The Balaban J connectivity index is 2.26. The first-order valence-corrected chi connectivity index (χ1v) is 5.79. The molecule has 15 heavy (non-hydrogen) atoms. The number of hydrogen-bond acceptors (Lipinski definition) is 3. The summed E-state index contributed by atoms with van der Waals surface area (Å²) in [5, 5.41) is 2.77. The van der Waals surface area contributed by atoms with Crippen LogP contribution in [0.1, 0.15) is 32.6 Å². The zero-order valence-corrected chi connectivity index (χ0v) is 9.85. The van der Waals surface area contributed by atoms with Crippen LogP contribution in [0.4, 0.5) is 0 Å². The molecule has 0 aromatic carbocycles. The number of thiol groups is 1. The molecule has 0 aromatic heterocycles. The maximum absolute atomic E-state index is 11.6. The standard InChI is InChI=1S/C10H18N2O2S/c1-7(4-8(11)13)12-9(14)5-10(6-15)2-3-10/h7,15H,2-6H2,1H3,(H2,11,13)(H,12,14). The molecule has 0 aromatic rings. The molecular formula is C10H18N2O2S. The summed E-state index contributed by atoms with van der Waals surface area (Å²) >= 11 is 4.23. The van der Waals surface area contributed by atoms with E-state index in [0.717, 1.165) is 18.6 Å². The highest BCUT2D eigenvalue weighted by atomic mass is 32.1. The highest BCUT2D eigenvalue weighted by molar-refractivity contribution is 7.80. The topological polar surface area (TPSA) is 72.2 Å². The highest BCUT2D eigenvalue weighted by Gasteiger charge is 2.42. The van der Waals surface area contributed by atoms with Crippen LogP contribution in [0.5, 0.6) is 0 Å². The Morgan fingerprint density at radius 2 is 2.13 bits per heavy atom. The van der Waals surface area contributed by atoms with E-state index in [1.165, 1.54) is 0 Å². The van der Waals surface area contributed by atoms with Crippen LogP contribution in [0.3, 0.4) is 0 Å². The molecule has 0 heterocycles. The molecule has 0 aliphatic heterocycles. The number of carbonyl (C=O) groups is 2. The van der Waals surface area contributed by atoms with Crippen molar-refractivity contribution >= 4 is 24.4 Å². The van der Waals surface area contributed by atoms with Crippen molar-refractivity contribution in [2.45, 2.75) is 38.6 Å². The van der Waals surface area contributed by atoms with Crippen molar-refractivity contribution in [2.75, 3.05) is 5.75 Å². The van der Waals surface area contributed by atoms with E-state index in [1.807, 2.05) is 0 Å². The molecule has 1 fully saturated rings. The zero-order valence-electron chi connectivity index (χ0n) is 8.95. The van der Waals surface area contributed by atoms with E-state index in [4.69, 9.17) is 5.73 Å². The van der Waals surface area contributed by atoms with Gasteiger partial charge in [-0.25, -0.2) is 0 Å². The van der Waals surface area contributed by atoms with Gasteiger partial charge in [-0.2, -0.15) is 12.6 Å². The molecule has 0 spiro atoms. The summed E-state index contributed by atoms with van der Waals surface area (Å²) in [6.07, 6.45) is 2.86. The average Bonchev–Trinajstić information content (AvgIpc) is 2.83. The van der Waals surface area contributed by atoms with Crippen molar-refractivity contribution in [1.29, 1.82) is 0 Å². The number of carbonyl (C=O) groups excluding carboxylic acids is 2. The van der Waals surface area contributed by atoms with Gasteiger partial charge in [0.2, 0.25) is 11.8 Å². The summed E-state index contributed by atoms with van der Waals surface area (Å²) in [7, 11) is 0. The molecule has 1 aliphatic carbocycles. The summed E-state index contributed by atoms with van der Waals surface area (Å²) in [5.74, 6) is 0.360. The first kappa shape index (κ1) is 12.4. The minimum absolute atomic E-state index is 0.00435. The van der Waals surface area contributed by atoms with Gasteiger partial charge in [-0.05, 0) is 30.9 Å². The predicted molar refractivity (Wildman–Crippen MR) is 61.6 cm³/mol. The van der Waals surface area contributed by atoms with Gasteiger partial charge >= 0.3 is 0 Å². The van der Waals surface area contributed by atoms with Gasteiger partial charge in [0.05, 0.1) is 0 Å². The van der Waals surface area contributed by atoms with Gasteiger partial charge in [0.25, 0.3) is 0 Å². The van der Waals surface area contributed by atoms with Crippen LogP contribution in [0.15, 0.2) is 0 Å². The van der Waals surface area contributed by atoms with Gasteiger partial charge in [0.15, 0.2) is 0 Å². The molecule has 1 saturated carbocycles. The monoisotopic (exact) mass is 230 g/mol. The molecule has 4 nitrogen and oxygen atoms in total. The second-order valence-corrected chi connectivity index (χ2v) is 4.79. The maximum Gasteiger partial charge on any atom is 0.220 e. The zero-order chi connectivity index (χ0) is 11.5. The molecule has 0 bridgehead atoms. The third kappa shape index (κ3) is 4.11.